The first kappa shape index (κ1) is 25.7. The molecule has 0 aliphatic carbocycles. The molecule has 1 N–H and O–H groups in total. The minimum Gasteiger partial charge on any atom is -0.488 e. The van der Waals surface area contributed by atoms with Crippen molar-refractivity contribution >= 4 is 51.8 Å². The Bertz CT molecular complexity index is 1730. The van der Waals surface area contributed by atoms with Crippen LogP contribution in [-0.2, 0) is 16.2 Å². The van der Waals surface area contributed by atoms with E-state index in [-0.39, 0.29) is 29.2 Å². The van der Waals surface area contributed by atoms with Gasteiger partial charge in [0.05, 0.1) is 15.5 Å². The summed E-state index contributed by atoms with van der Waals surface area (Å²) in [6, 6.07) is 20.3. The molecule has 12 heteroatoms. The minimum absolute atomic E-state index is 0.0408. The van der Waals surface area contributed by atoms with Gasteiger partial charge in [0.25, 0.3) is 23.2 Å². The molecule has 12 nitrogen and oxygen atoms in total. The Labute approximate surface area is 225 Å². The molecule has 0 unspecified atom stereocenters. The lowest BCUT2D eigenvalue weighted by Gasteiger charge is -2.26. The van der Waals surface area contributed by atoms with Crippen LogP contribution in [0.15, 0.2) is 90.5 Å². The number of carbonyl (C=O) groups is 3. The Kier molecular flexibility index (Phi) is 6.72. The van der Waals surface area contributed by atoms with E-state index in [0.29, 0.717) is 22.3 Å². The standard InChI is InChI=1S/C28H18N4O8/c33-26-24(27(34)30(28(35)29-26)19-10-12-21(13-11-19)32(38)39)15-23-22-4-2-1-3-18(22)7-14-25(23)40-16-17-5-8-20(9-6-17)31(36)37/h1-15H,16H2,(H,29,33,35)/b24-15+. The van der Waals surface area contributed by atoms with E-state index >= 15 is 0 Å². The normalized spacial score (nSPS) is 14.3. The van der Waals surface area contributed by atoms with Crippen LogP contribution in [-0.4, -0.2) is 27.7 Å². The zero-order valence-electron chi connectivity index (χ0n) is 20.5. The van der Waals surface area contributed by atoms with E-state index in [1.807, 2.05) is 12.1 Å². The summed E-state index contributed by atoms with van der Waals surface area (Å²) in [5.41, 5.74) is 0.448. The molecule has 0 aromatic heterocycles. The Balaban J connectivity index is 1.53. The summed E-state index contributed by atoms with van der Waals surface area (Å²) in [5.74, 6) is -1.51. The first-order chi connectivity index (χ1) is 19.2. The lowest BCUT2D eigenvalue weighted by molar-refractivity contribution is -0.385. The first-order valence-electron chi connectivity index (χ1n) is 11.8. The quantitative estimate of drug-likeness (QED) is 0.150. The molecule has 0 saturated carbocycles. The van der Waals surface area contributed by atoms with Gasteiger partial charge in [0.1, 0.15) is 17.9 Å². The molecule has 4 amide bonds. The van der Waals surface area contributed by atoms with Crippen molar-refractivity contribution in [1.82, 2.24) is 5.32 Å². The number of nitrogens with one attached hydrogen (secondary N) is 1. The zero-order chi connectivity index (χ0) is 28.4. The first-order valence-corrected chi connectivity index (χ1v) is 11.8. The smallest absolute Gasteiger partial charge is 0.335 e. The molecule has 0 radical (unpaired) electrons. The molecule has 0 bridgehead atoms. The lowest BCUT2D eigenvalue weighted by Crippen LogP contribution is -2.54. The minimum atomic E-state index is -0.992. The summed E-state index contributed by atoms with van der Waals surface area (Å²) in [4.78, 5) is 60.4. The van der Waals surface area contributed by atoms with Crippen LogP contribution in [0, 0.1) is 20.2 Å². The van der Waals surface area contributed by atoms with Crippen molar-refractivity contribution in [1.29, 1.82) is 0 Å². The number of nitrogens with zero attached hydrogens (tertiary/aromatic N) is 3. The van der Waals surface area contributed by atoms with Crippen LogP contribution < -0.4 is 15.0 Å². The van der Waals surface area contributed by atoms with E-state index in [1.54, 1.807) is 36.4 Å². The number of amides is 4. The van der Waals surface area contributed by atoms with Crippen LogP contribution in [0.25, 0.3) is 16.8 Å². The number of hydrogen-bond donors (Lipinski definition) is 1. The molecular weight excluding hydrogens is 520 g/mol. The molecule has 5 rings (SSSR count). The fourth-order valence-electron chi connectivity index (χ4n) is 4.19. The second-order valence-electron chi connectivity index (χ2n) is 8.64. The largest absolute Gasteiger partial charge is 0.488 e. The zero-order valence-corrected chi connectivity index (χ0v) is 20.5. The average Bonchev–Trinajstić information content (AvgIpc) is 2.94. The lowest BCUT2D eigenvalue weighted by atomic mass is 9.99. The van der Waals surface area contributed by atoms with Crippen LogP contribution in [0.3, 0.4) is 0 Å². The molecule has 1 aliphatic rings. The highest BCUT2D eigenvalue weighted by atomic mass is 16.6. The third-order valence-corrected chi connectivity index (χ3v) is 6.18. The fourth-order valence-corrected chi connectivity index (χ4v) is 4.19. The number of benzene rings is 4. The van der Waals surface area contributed by atoms with Gasteiger partial charge in [0, 0.05) is 29.8 Å². The van der Waals surface area contributed by atoms with E-state index in [4.69, 9.17) is 4.74 Å². The third kappa shape index (κ3) is 4.96. The fraction of sp³-hybridized carbons (Fsp3) is 0.0357. The van der Waals surface area contributed by atoms with Crippen molar-refractivity contribution in [2.75, 3.05) is 4.90 Å². The molecule has 0 atom stereocenters. The van der Waals surface area contributed by atoms with Crippen LogP contribution in [0.4, 0.5) is 21.9 Å². The van der Waals surface area contributed by atoms with Gasteiger partial charge in [-0.1, -0.05) is 30.3 Å². The molecule has 0 spiro atoms. The number of hydrogen-bond acceptors (Lipinski definition) is 8. The monoisotopic (exact) mass is 538 g/mol. The SMILES string of the molecule is O=C1NC(=O)N(c2ccc([N+](=O)[O-])cc2)C(=O)/C1=C/c1c(OCc2ccc([N+](=O)[O-])cc2)ccc2ccccc12. The maximum absolute atomic E-state index is 13.4. The Morgan fingerprint density at radius 2 is 1.43 bits per heavy atom. The second-order valence-corrected chi connectivity index (χ2v) is 8.64. The highest BCUT2D eigenvalue weighted by Crippen LogP contribution is 2.32. The molecular formula is C28H18N4O8. The van der Waals surface area contributed by atoms with Gasteiger partial charge in [-0.25, -0.2) is 9.69 Å². The summed E-state index contributed by atoms with van der Waals surface area (Å²) in [6.45, 7) is 0.0417. The Hall–Kier alpha value is -5.91. The molecule has 4 aromatic rings. The van der Waals surface area contributed by atoms with Gasteiger partial charge in [-0.15, -0.1) is 0 Å². The number of urea groups is 1. The van der Waals surface area contributed by atoms with Crippen LogP contribution in [0.2, 0.25) is 0 Å². The van der Waals surface area contributed by atoms with Crippen LogP contribution >= 0.6 is 0 Å². The molecule has 1 heterocycles. The third-order valence-electron chi connectivity index (χ3n) is 6.18. The maximum Gasteiger partial charge on any atom is 0.335 e. The van der Waals surface area contributed by atoms with E-state index in [2.05, 4.69) is 5.32 Å². The van der Waals surface area contributed by atoms with Crippen LogP contribution in [0.5, 0.6) is 5.75 Å². The number of carbonyl (C=O) groups excluding carboxylic acids is 3. The van der Waals surface area contributed by atoms with E-state index in [0.717, 1.165) is 22.4 Å². The Morgan fingerprint density at radius 1 is 0.800 bits per heavy atom. The van der Waals surface area contributed by atoms with Crippen molar-refractivity contribution in [2.24, 2.45) is 0 Å². The van der Waals surface area contributed by atoms with Gasteiger partial charge in [-0.3, -0.25) is 35.1 Å². The summed E-state index contributed by atoms with van der Waals surface area (Å²) < 4.78 is 6.01. The van der Waals surface area contributed by atoms with Crippen molar-refractivity contribution in [3.63, 3.8) is 0 Å². The van der Waals surface area contributed by atoms with Crippen molar-refractivity contribution in [3.05, 3.63) is 122 Å². The van der Waals surface area contributed by atoms with Crippen molar-refractivity contribution in [3.8, 4) is 5.75 Å². The highest BCUT2D eigenvalue weighted by Gasteiger charge is 2.37. The molecule has 1 fully saturated rings. The molecule has 198 valence electrons. The van der Waals surface area contributed by atoms with Gasteiger partial charge in [-0.05, 0) is 52.7 Å². The summed E-state index contributed by atoms with van der Waals surface area (Å²) in [7, 11) is 0. The summed E-state index contributed by atoms with van der Waals surface area (Å²) >= 11 is 0. The summed E-state index contributed by atoms with van der Waals surface area (Å²) in [6.07, 6.45) is 1.33. The van der Waals surface area contributed by atoms with E-state index < -0.39 is 27.7 Å². The van der Waals surface area contributed by atoms with Gasteiger partial charge < -0.3 is 4.74 Å². The molecule has 40 heavy (non-hydrogen) atoms. The van der Waals surface area contributed by atoms with E-state index in [1.165, 1.54) is 30.3 Å². The number of fused-ring (bicyclic) bond motifs is 1. The molecule has 1 aliphatic heterocycles. The topological polar surface area (TPSA) is 162 Å². The van der Waals surface area contributed by atoms with Crippen molar-refractivity contribution < 1.29 is 29.0 Å². The van der Waals surface area contributed by atoms with Gasteiger partial charge in [-0.2, -0.15) is 0 Å². The number of ether oxygens (including phenoxy) is 1. The number of rotatable bonds is 7. The number of imide groups is 2. The molecule has 4 aromatic carbocycles. The number of nitro benzene ring substituents is 2. The average molecular weight is 538 g/mol. The Morgan fingerprint density at radius 3 is 2.08 bits per heavy atom. The predicted octanol–water partition coefficient (Wildman–Crippen LogP) is 4.90. The predicted molar refractivity (Wildman–Crippen MR) is 143 cm³/mol. The summed E-state index contributed by atoms with van der Waals surface area (Å²) in [5, 5.41) is 25.5. The van der Waals surface area contributed by atoms with Gasteiger partial charge in [0.15, 0.2) is 0 Å². The van der Waals surface area contributed by atoms with E-state index in [9.17, 15) is 34.6 Å². The molecule has 1 saturated heterocycles. The number of barbiturate groups is 1. The number of anilines is 1. The maximum atomic E-state index is 13.4. The number of non-ortho nitro benzene ring substituents is 2. The number of nitro groups is 2. The van der Waals surface area contributed by atoms with Gasteiger partial charge in [0.2, 0.25) is 0 Å². The van der Waals surface area contributed by atoms with Crippen molar-refractivity contribution in [2.45, 2.75) is 6.61 Å². The van der Waals surface area contributed by atoms with Gasteiger partial charge >= 0.3 is 6.03 Å². The highest BCUT2D eigenvalue weighted by molar-refractivity contribution is 6.39. The van der Waals surface area contributed by atoms with Crippen LogP contribution in [0.1, 0.15) is 11.1 Å². The second kappa shape index (κ2) is 10.5.